The van der Waals surface area contributed by atoms with E-state index in [9.17, 15) is 8.42 Å². The van der Waals surface area contributed by atoms with Gasteiger partial charge in [0.15, 0.2) is 0 Å². The molecule has 114 valence electrons. The Labute approximate surface area is 144 Å². The Morgan fingerprint density at radius 1 is 1.33 bits per heavy atom. The van der Waals surface area contributed by atoms with Crippen LogP contribution in [-0.4, -0.2) is 20.4 Å². The summed E-state index contributed by atoms with van der Waals surface area (Å²) in [6, 6.07) is 3.46. The van der Waals surface area contributed by atoms with E-state index in [0.29, 0.717) is 16.1 Å². The summed E-state index contributed by atoms with van der Waals surface area (Å²) in [5.41, 5.74) is 0.745. The Balaban J connectivity index is 2.34. The number of halogens is 2. The molecule has 0 aromatic carbocycles. The van der Waals surface area contributed by atoms with Gasteiger partial charge >= 0.3 is 0 Å². The van der Waals surface area contributed by atoms with Crippen LogP contribution in [0.5, 0.6) is 0 Å². The molecule has 2 rings (SSSR count). The largest absolute Gasteiger partial charge is 0.315 e. The van der Waals surface area contributed by atoms with Crippen molar-refractivity contribution >= 4 is 59.0 Å². The number of nitrogens with zero attached hydrogens (tertiary/aromatic N) is 1. The average molecular weight is 455 g/mol. The summed E-state index contributed by atoms with van der Waals surface area (Å²) in [5.74, 6) is 0.325. The third-order valence-corrected chi connectivity index (χ3v) is 6.65. The topological polar surface area (TPSA) is 71.1 Å². The first-order chi connectivity index (χ1) is 9.83. The predicted octanol–water partition coefficient (Wildman–Crippen LogP) is 3.50. The van der Waals surface area contributed by atoms with E-state index in [-0.39, 0.29) is 4.90 Å². The standard InChI is InChI=1S/C12H13Br2N3O2S2/c1-7-3-8(13)5-16-12(7)17-21(18,19)10-4-9(6-15-2)20-11(10)14/h3-5,15H,6H2,1-2H3,(H,16,17). The second-order valence-corrected chi connectivity index (χ2v) is 9.33. The van der Waals surface area contributed by atoms with Gasteiger partial charge in [0.05, 0.1) is 3.79 Å². The maximum absolute atomic E-state index is 12.5. The van der Waals surface area contributed by atoms with Crippen LogP contribution in [0.25, 0.3) is 0 Å². The molecule has 0 amide bonds. The molecule has 9 heteroatoms. The SMILES string of the molecule is CNCc1cc(S(=O)(=O)Nc2ncc(Br)cc2C)c(Br)s1. The molecule has 21 heavy (non-hydrogen) atoms. The number of rotatable bonds is 5. The minimum Gasteiger partial charge on any atom is -0.315 e. The van der Waals surface area contributed by atoms with Crippen molar-refractivity contribution < 1.29 is 8.42 Å². The summed E-state index contributed by atoms with van der Waals surface area (Å²) in [6.45, 7) is 2.42. The van der Waals surface area contributed by atoms with E-state index in [1.54, 1.807) is 25.3 Å². The van der Waals surface area contributed by atoms with Gasteiger partial charge in [-0.1, -0.05) is 0 Å². The van der Waals surface area contributed by atoms with E-state index < -0.39 is 10.0 Å². The summed E-state index contributed by atoms with van der Waals surface area (Å²) in [4.78, 5) is 5.26. The zero-order valence-electron chi connectivity index (χ0n) is 11.3. The summed E-state index contributed by atoms with van der Waals surface area (Å²) < 4.78 is 28.8. The molecule has 0 radical (unpaired) electrons. The number of aromatic nitrogens is 1. The minimum absolute atomic E-state index is 0.224. The maximum Gasteiger partial charge on any atom is 0.265 e. The summed E-state index contributed by atoms with van der Waals surface area (Å²) in [6.07, 6.45) is 1.56. The number of aryl methyl sites for hydroxylation is 1. The number of thiophene rings is 1. The lowest BCUT2D eigenvalue weighted by Crippen LogP contribution is -2.14. The highest BCUT2D eigenvalue weighted by Crippen LogP contribution is 2.33. The van der Waals surface area contributed by atoms with Crippen molar-refractivity contribution in [2.75, 3.05) is 11.8 Å². The molecule has 0 unspecified atom stereocenters. The fraction of sp³-hybridized carbons (Fsp3) is 0.250. The normalized spacial score (nSPS) is 11.6. The third-order valence-electron chi connectivity index (χ3n) is 2.62. The van der Waals surface area contributed by atoms with Crippen molar-refractivity contribution in [3.8, 4) is 0 Å². The van der Waals surface area contributed by atoms with Crippen LogP contribution in [0, 0.1) is 6.92 Å². The van der Waals surface area contributed by atoms with Gasteiger partial charge in [0, 0.05) is 22.1 Å². The Morgan fingerprint density at radius 3 is 2.67 bits per heavy atom. The van der Waals surface area contributed by atoms with Gasteiger partial charge in [0.25, 0.3) is 10.0 Å². The van der Waals surface area contributed by atoms with Crippen LogP contribution in [0.2, 0.25) is 0 Å². The number of pyridine rings is 1. The summed E-state index contributed by atoms with van der Waals surface area (Å²) in [7, 11) is -1.85. The predicted molar refractivity (Wildman–Crippen MR) is 92.3 cm³/mol. The van der Waals surface area contributed by atoms with Crippen molar-refractivity contribution in [2.45, 2.75) is 18.4 Å². The molecule has 0 fully saturated rings. The summed E-state index contributed by atoms with van der Waals surface area (Å²) in [5, 5.41) is 3.00. The van der Waals surface area contributed by atoms with Crippen LogP contribution in [0.3, 0.4) is 0 Å². The van der Waals surface area contributed by atoms with E-state index in [1.807, 2.05) is 7.05 Å². The molecule has 2 N–H and O–H groups in total. The van der Waals surface area contributed by atoms with E-state index >= 15 is 0 Å². The van der Waals surface area contributed by atoms with Crippen LogP contribution in [-0.2, 0) is 16.6 Å². The van der Waals surface area contributed by atoms with Gasteiger partial charge in [0.2, 0.25) is 0 Å². The lowest BCUT2D eigenvalue weighted by atomic mass is 10.3. The van der Waals surface area contributed by atoms with Crippen molar-refractivity contribution in [3.63, 3.8) is 0 Å². The van der Waals surface area contributed by atoms with E-state index in [2.05, 4.69) is 46.9 Å². The van der Waals surface area contributed by atoms with E-state index in [0.717, 1.165) is 14.9 Å². The van der Waals surface area contributed by atoms with E-state index in [4.69, 9.17) is 0 Å². The van der Waals surface area contributed by atoms with Crippen LogP contribution in [0.15, 0.2) is 31.5 Å². The molecule has 0 aliphatic heterocycles. The van der Waals surface area contributed by atoms with Gasteiger partial charge in [-0.15, -0.1) is 11.3 Å². The molecule has 2 heterocycles. The van der Waals surface area contributed by atoms with Gasteiger partial charge in [-0.05, 0) is 63.5 Å². The van der Waals surface area contributed by atoms with Gasteiger partial charge in [0.1, 0.15) is 10.7 Å². The molecule has 0 atom stereocenters. The Morgan fingerprint density at radius 2 is 2.05 bits per heavy atom. The molecule has 0 saturated carbocycles. The first-order valence-electron chi connectivity index (χ1n) is 5.91. The van der Waals surface area contributed by atoms with Crippen LogP contribution < -0.4 is 10.0 Å². The van der Waals surface area contributed by atoms with Crippen molar-refractivity contribution in [3.05, 3.63) is 37.0 Å². The van der Waals surface area contributed by atoms with Gasteiger partial charge < -0.3 is 5.32 Å². The van der Waals surface area contributed by atoms with Gasteiger partial charge in [-0.2, -0.15) is 0 Å². The van der Waals surface area contributed by atoms with Gasteiger partial charge in [-0.25, -0.2) is 13.4 Å². The molecule has 0 spiro atoms. The zero-order valence-corrected chi connectivity index (χ0v) is 16.1. The molecular formula is C12H13Br2N3O2S2. The molecule has 0 bridgehead atoms. The van der Waals surface area contributed by atoms with Crippen molar-refractivity contribution in [2.24, 2.45) is 0 Å². The number of sulfonamides is 1. The lowest BCUT2D eigenvalue weighted by molar-refractivity contribution is 0.601. The Bertz CT molecular complexity index is 760. The highest BCUT2D eigenvalue weighted by molar-refractivity contribution is 9.11. The summed E-state index contributed by atoms with van der Waals surface area (Å²) >= 11 is 8.00. The number of anilines is 1. The molecule has 0 aliphatic rings. The van der Waals surface area contributed by atoms with Gasteiger partial charge in [-0.3, -0.25) is 4.72 Å². The molecule has 5 nitrogen and oxygen atoms in total. The van der Waals surface area contributed by atoms with Crippen molar-refractivity contribution in [1.82, 2.24) is 10.3 Å². The fourth-order valence-electron chi connectivity index (χ4n) is 1.67. The maximum atomic E-state index is 12.5. The molecule has 2 aromatic rings. The fourth-order valence-corrected chi connectivity index (χ4v) is 5.89. The van der Waals surface area contributed by atoms with Crippen molar-refractivity contribution in [1.29, 1.82) is 0 Å². The Kier molecular flexibility index (Phi) is 5.42. The molecular weight excluding hydrogens is 442 g/mol. The minimum atomic E-state index is -3.67. The second kappa shape index (κ2) is 6.74. The monoisotopic (exact) mass is 453 g/mol. The third kappa shape index (κ3) is 4.04. The Hall–Kier alpha value is -0.480. The highest BCUT2D eigenvalue weighted by atomic mass is 79.9. The average Bonchev–Trinajstić information content (AvgIpc) is 2.75. The second-order valence-electron chi connectivity index (χ2n) is 4.31. The van der Waals surface area contributed by atoms with Crippen LogP contribution in [0.1, 0.15) is 10.4 Å². The smallest absolute Gasteiger partial charge is 0.265 e. The van der Waals surface area contributed by atoms with E-state index in [1.165, 1.54) is 11.3 Å². The first-order valence-corrected chi connectivity index (χ1v) is 9.80. The number of nitrogens with one attached hydrogen (secondary N) is 2. The quantitative estimate of drug-likeness (QED) is 0.725. The number of hydrogen-bond donors (Lipinski definition) is 2. The first kappa shape index (κ1) is 16.9. The highest BCUT2D eigenvalue weighted by Gasteiger charge is 2.22. The lowest BCUT2D eigenvalue weighted by Gasteiger charge is -2.09. The number of hydrogen-bond acceptors (Lipinski definition) is 5. The van der Waals surface area contributed by atoms with Crippen LogP contribution >= 0.6 is 43.2 Å². The molecule has 2 aromatic heterocycles. The van der Waals surface area contributed by atoms with Crippen LogP contribution in [0.4, 0.5) is 5.82 Å². The molecule has 0 saturated heterocycles. The molecule has 0 aliphatic carbocycles. The zero-order chi connectivity index (χ0) is 15.6.